The molecule has 1 heterocycles. The van der Waals surface area contributed by atoms with Gasteiger partial charge in [0.25, 0.3) is 0 Å². The summed E-state index contributed by atoms with van der Waals surface area (Å²) in [6.45, 7) is 5.51. The van der Waals surface area contributed by atoms with E-state index < -0.39 is 35.7 Å². The molecule has 0 saturated carbocycles. The third-order valence-corrected chi connectivity index (χ3v) is 3.52. The molecule has 0 spiro atoms. The second kappa shape index (κ2) is 13.0. The summed E-state index contributed by atoms with van der Waals surface area (Å²) in [5, 5.41) is 9.70. The molecule has 4 N–H and O–H groups in total. The maximum atomic E-state index is 11.9. The first-order valence-corrected chi connectivity index (χ1v) is 8.82. The number of carbonyl (C=O) groups excluding carboxylic acids is 4. The van der Waals surface area contributed by atoms with Gasteiger partial charge >= 0.3 is 11.8 Å². The normalized spacial score (nSPS) is 26.0. The molecule has 0 unspecified atom stereocenters. The van der Waals surface area contributed by atoms with Gasteiger partial charge in [0.1, 0.15) is 12.1 Å². The summed E-state index contributed by atoms with van der Waals surface area (Å²) < 4.78 is 15.9. The lowest BCUT2D eigenvalue weighted by atomic mass is 10.3. The van der Waals surface area contributed by atoms with Crippen LogP contribution in [0.25, 0.3) is 0 Å². The van der Waals surface area contributed by atoms with Gasteiger partial charge in [0.15, 0.2) is 0 Å². The summed E-state index contributed by atoms with van der Waals surface area (Å²) in [4.78, 5) is 47.5. The summed E-state index contributed by atoms with van der Waals surface area (Å²) in [5.74, 6) is -2.91. The van der Waals surface area contributed by atoms with Gasteiger partial charge in [0, 0.05) is 13.1 Å². The van der Waals surface area contributed by atoms with E-state index in [4.69, 9.17) is 14.2 Å². The van der Waals surface area contributed by atoms with E-state index >= 15 is 0 Å². The molecule has 0 aliphatic carbocycles. The van der Waals surface area contributed by atoms with Crippen molar-refractivity contribution in [1.29, 1.82) is 0 Å². The lowest BCUT2D eigenvalue weighted by Gasteiger charge is -2.16. The number of hydrogen-bond acceptors (Lipinski definition) is 7. The van der Waals surface area contributed by atoms with E-state index in [2.05, 4.69) is 21.3 Å². The van der Waals surface area contributed by atoms with Gasteiger partial charge in [-0.1, -0.05) is 0 Å². The molecule has 1 aliphatic heterocycles. The van der Waals surface area contributed by atoms with Crippen LogP contribution in [0, 0.1) is 0 Å². The second-order valence-electron chi connectivity index (χ2n) is 5.81. The van der Waals surface area contributed by atoms with Gasteiger partial charge in [-0.15, -0.1) is 0 Å². The molecule has 11 heteroatoms. The van der Waals surface area contributed by atoms with E-state index in [0.717, 1.165) is 0 Å². The Hall–Kier alpha value is -2.24. The molecule has 4 amide bonds. The highest BCUT2D eigenvalue weighted by Crippen LogP contribution is 1.88. The van der Waals surface area contributed by atoms with Crippen LogP contribution in [0.3, 0.4) is 0 Å². The van der Waals surface area contributed by atoms with E-state index in [0.29, 0.717) is 26.4 Å². The molecule has 0 aromatic rings. The largest absolute Gasteiger partial charge is 0.377 e. The van der Waals surface area contributed by atoms with Crippen LogP contribution in [0.5, 0.6) is 0 Å². The molecular formula is C16H28N4O7. The molecule has 1 saturated heterocycles. The zero-order chi connectivity index (χ0) is 20.1. The van der Waals surface area contributed by atoms with Gasteiger partial charge in [-0.3, -0.25) is 19.2 Å². The molecule has 1 fully saturated rings. The van der Waals surface area contributed by atoms with Gasteiger partial charge < -0.3 is 35.5 Å². The molecule has 27 heavy (non-hydrogen) atoms. The minimum atomic E-state index is -1.00. The van der Waals surface area contributed by atoms with Crippen molar-refractivity contribution < 1.29 is 33.4 Å². The predicted octanol–water partition coefficient (Wildman–Crippen LogP) is -2.71. The highest BCUT2D eigenvalue weighted by Gasteiger charge is 2.23. The lowest BCUT2D eigenvalue weighted by molar-refractivity contribution is -0.141. The van der Waals surface area contributed by atoms with Crippen LogP contribution in [0.1, 0.15) is 13.8 Å². The van der Waals surface area contributed by atoms with Crippen molar-refractivity contribution in [3.8, 4) is 0 Å². The minimum absolute atomic E-state index is 0.256. The van der Waals surface area contributed by atoms with Crippen LogP contribution in [0.15, 0.2) is 0 Å². The summed E-state index contributed by atoms with van der Waals surface area (Å²) >= 11 is 0. The molecule has 154 valence electrons. The predicted molar refractivity (Wildman–Crippen MR) is 93.7 cm³/mol. The fraction of sp³-hybridized carbons (Fsp3) is 0.750. The Balaban J connectivity index is 2.55. The van der Waals surface area contributed by atoms with Crippen LogP contribution >= 0.6 is 0 Å². The Kier molecular flexibility index (Phi) is 11.0. The topological polar surface area (TPSA) is 144 Å². The van der Waals surface area contributed by atoms with Gasteiger partial charge in [-0.2, -0.15) is 0 Å². The van der Waals surface area contributed by atoms with Gasteiger partial charge in [-0.05, 0) is 13.8 Å². The molecular weight excluding hydrogens is 360 g/mol. The SMILES string of the molecule is C[C@@H]1NC(=O)C(=O)N[C@@H](C)C(=O)NCCOCCOCCOCCNC1=O. The molecule has 0 aromatic heterocycles. The Morgan fingerprint density at radius 1 is 0.630 bits per heavy atom. The summed E-state index contributed by atoms with van der Waals surface area (Å²) in [6, 6.07) is -1.83. The molecule has 1 rings (SSSR count). The molecule has 0 radical (unpaired) electrons. The summed E-state index contributed by atoms with van der Waals surface area (Å²) in [7, 11) is 0. The van der Waals surface area contributed by atoms with E-state index in [-0.39, 0.29) is 26.3 Å². The number of nitrogens with one attached hydrogen (secondary N) is 4. The highest BCUT2D eigenvalue weighted by atomic mass is 16.5. The molecule has 0 aromatic carbocycles. The quantitative estimate of drug-likeness (QED) is 0.330. The average molecular weight is 388 g/mol. The van der Waals surface area contributed by atoms with Crippen LogP contribution in [-0.4, -0.2) is 88.4 Å². The highest BCUT2D eigenvalue weighted by molar-refractivity contribution is 6.35. The number of carbonyl (C=O) groups is 4. The third-order valence-electron chi connectivity index (χ3n) is 3.52. The van der Waals surface area contributed by atoms with Crippen LogP contribution < -0.4 is 21.3 Å². The zero-order valence-corrected chi connectivity index (χ0v) is 15.7. The Labute approximate surface area is 157 Å². The van der Waals surface area contributed by atoms with Crippen LogP contribution in [0.4, 0.5) is 0 Å². The van der Waals surface area contributed by atoms with Crippen molar-refractivity contribution in [2.24, 2.45) is 0 Å². The minimum Gasteiger partial charge on any atom is -0.377 e. The second-order valence-corrected chi connectivity index (χ2v) is 5.81. The molecule has 2 atom stereocenters. The van der Waals surface area contributed by atoms with Crippen molar-refractivity contribution in [2.75, 3.05) is 52.7 Å². The third kappa shape index (κ3) is 9.87. The van der Waals surface area contributed by atoms with Crippen molar-refractivity contribution in [1.82, 2.24) is 21.3 Å². The maximum Gasteiger partial charge on any atom is 0.309 e. The van der Waals surface area contributed by atoms with E-state index in [1.807, 2.05) is 0 Å². The first-order chi connectivity index (χ1) is 12.9. The number of amides is 4. The van der Waals surface area contributed by atoms with Crippen molar-refractivity contribution >= 4 is 23.6 Å². The summed E-state index contributed by atoms with van der Waals surface area (Å²) in [5.41, 5.74) is 0. The molecule has 1 aliphatic rings. The van der Waals surface area contributed by atoms with Gasteiger partial charge in [0.2, 0.25) is 11.8 Å². The van der Waals surface area contributed by atoms with Gasteiger partial charge in [-0.25, -0.2) is 0 Å². The van der Waals surface area contributed by atoms with Crippen molar-refractivity contribution in [3.63, 3.8) is 0 Å². The Morgan fingerprint density at radius 3 is 1.33 bits per heavy atom. The number of rotatable bonds is 0. The van der Waals surface area contributed by atoms with Crippen LogP contribution in [-0.2, 0) is 33.4 Å². The van der Waals surface area contributed by atoms with Crippen LogP contribution in [0.2, 0.25) is 0 Å². The van der Waals surface area contributed by atoms with Crippen molar-refractivity contribution in [3.05, 3.63) is 0 Å². The van der Waals surface area contributed by atoms with Gasteiger partial charge in [0.05, 0.1) is 39.6 Å². The van der Waals surface area contributed by atoms with E-state index in [1.54, 1.807) is 0 Å². The van der Waals surface area contributed by atoms with E-state index in [9.17, 15) is 19.2 Å². The monoisotopic (exact) mass is 388 g/mol. The first-order valence-electron chi connectivity index (χ1n) is 8.82. The standard InChI is InChI=1S/C16H28N4O7/c1-11-13(21)17-3-5-25-7-9-27-10-8-26-6-4-18-14(22)12(2)20-16(24)15(23)19-11/h11-12H,3-10H2,1-2H3,(H,17,21)(H,18,22)(H,19,23)(H,20,24)/t11-,12-/m0/s1. The molecule has 0 bridgehead atoms. The Morgan fingerprint density at radius 2 is 0.963 bits per heavy atom. The molecule has 11 nitrogen and oxygen atoms in total. The fourth-order valence-electron chi connectivity index (χ4n) is 2.00. The Bertz CT molecular complexity index is 471. The maximum absolute atomic E-state index is 11.9. The zero-order valence-electron chi connectivity index (χ0n) is 15.7. The number of hydrogen-bond donors (Lipinski definition) is 4. The fourth-order valence-corrected chi connectivity index (χ4v) is 2.00. The smallest absolute Gasteiger partial charge is 0.309 e. The average Bonchev–Trinajstić information content (AvgIpc) is 2.63. The first kappa shape index (κ1) is 22.8. The number of ether oxygens (including phenoxy) is 3. The summed E-state index contributed by atoms with van der Waals surface area (Å²) in [6.07, 6.45) is 0. The van der Waals surface area contributed by atoms with E-state index in [1.165, 1.54) is 13.8 Å². The lowest BCUT2D eigenvalue weighted by Crippen LogP contribution is -2.53. The van der Waals surface area contributed by atoms with Crippen molar-refractivity contribution in [2.45, 2.75) is 25.9 Å².